The second kappa shape index (κ2) is 6.49. The first-order valence-corrected chi connectivity index (χ1v) is 6.35. The molecule has 0 saturated carbocycles. The van der Waals surface area contributed by atoms with Gasteiger partial charge in [-0.2, -0.15) is 5.10 Å². The average Bonchev–Trinajstić information content (AvgIpc) is 2.47. The normalized spacial score (nSPS) is 10.6. The summed E-state index contributed by atoms with van der Waals surface area (Å²) in [6, 6.07) is 10.4. The molecule has 0 fully saturated rings. The zero-order valence-electron chi connectivity index (χ0n) is 11.7. The minimum atomic E-state index is -0.546. The number of phenols is 1. The predicted molar refractivity (Wildman–Crippen MR) is 81.0 cm³/mol. The number of nitro groups is 1. The number of hydrazone groups is 1. The Labute approximate surface area is 126 Å². The van der Waals surface area contributed by atoms with Gasteiger partial charge in [0.25, 0.3) is 11.6 Å². The molecule has 7 nitrogen and oxygen atoms in total. The van der Waals surface area contributed by atoms with Crippen LogP contribution in [0, 0.1) is 17.0 Å². The van der Waals surface area contributed by atoms with E-state index in [0.29, 0.717) is 5.56 Å². The van der Waals surface area contributed by atoms with E-state index in [1.807, 2.05) is 0 Å². The van der Waals surface area contributed by atoms with E-state index in [-0.39, 0.29) is 17.0 Å². The number of hydrogen-bond donors (Lipinski definition) is 2. The largest absolute Gasteiger partial charge is 0.507 e. The van der Waals surface area contributed by atoms with Gasteiger partial charge in [-0.25, -0.2) is 5.43 Å². The van der Waals surface area contributed by atoms with Crippen molar-refractivity contribution in [2.75, 3.05) is 0 Å². The van der Waals surface area contributed by atoms with Crippen molar-refractivity contribution in [3.63, 3.8) is 0 Å². The third kappa shape index (κ3) is 3.66. The van der Waals surface area contributed by atoms with Crippen LogP contribution in [0.2, 0.25) is 0 Å². The minimum Gasteiger partial charge on any atom is -0.507 e. The Hall–Kier alpha value is -3.22. The highest BCUT2D eigenvalue weighted by Crippen LogP contribution is 2.18. The Morgan fingerprint density at radius 1 is 1.27 bits per heavy atom. The monoisotopic (exact) mass is 299 g/mol. The molecule has 2 aromatic carbocycles. The number of non-ortho nitro benzene ring substituents is 1. The fourth-order valence-corrected chi connectivity index (χ4v) is 1.74. The number of nitrogens with one attached hydrogen (secondary N) is 1. The molecule has 2 rings (SSSR count). The molecular formula is C15H13N3O4. The quantitative estimate of drug-likeness (QED) is 0.513. The van der Waals surface area contributed by atoms with E-state index in [0.717, 1.165) is 5.56 Å². The van der Waals surface area contributed by atoms with E-state index in [4.69, 9.17) is 0 Å². The number of benzene rings is 2. The number of nitro benzene ring substituents is 1. The molecule has 0 radical (unpaired) electrons. The van der Waals surface area contributed by atoms with Crippen LogP contribution in [0.3, 0.4) is 0 Å². The standard InChI is InChI=1S/C15H13N3O4/c1-10-2-7-13(14(19)8-10)15(20)17-16-9-11-3-5-12(6-4-11)18(21)22/h2-9,19H,1H3,(H,17,20)/b16-9+. The van der Waals surface area contributed by atoms with Crippen LogP contribution < -0.4 is 5.43 Å². The molecule has 7 heteroatoms. The zero-order valence-corrected chi connectivity index (χ0v) is 11.7. The molecule has 0 aromatic heterocycles. The molecule has 112 valence electrons. The first-order valence-electron chi connectivity index (χ1n) is 6.35. The van der Waals surface area contributed by atoms with Gasteiger partial charge in [-0.15, -0.1) is 0 Å². The van der Waals surface area contributed by atoms with Gasteiger partial charge in [0.1, 0.15) is 5.75 Å². The Bertz CT molecular complexity index is 739. The van der Waals surface area contributed by atoms with Crippen molar-refractivity contribution in [2.45, 2.75) is 6.92 Å². The van der Waals surface area contributed by atoms with Crippen molar-refractivity contribution >= 4 is 17.8 Å². The average molecular weight is 299 g/mol. The van der Waals surface area contributed by atoms with Crippen molar-refractivity contribution in [2.24, 2.45) is 5.10 Å². The number of carbonyl (C=O) groups excluding carboxylic acids is 1. The molecule has 2 N–H and O–H groups in total. The maximum Gasteiger partial charge on any atom is 0.275 e. The number of phenolic OH excluding ortho intramolecular Hbond substituents is 1. The van der Waals surface area contributed by atoms with Crippen LogP contribution in [-0.2, 0) is 0 Å². The third-order valence-corrected chi connectivity index (χ3v) is 2.88. The first-order chi connectivity index (χ1) is 10.5. The van der Waals surface area contributed by atoms with Crippen LogP contribution in [0.1, 0.15) is 21.5 Å². The van der Waals surface area contributed by atoms with Crippen molar-refractivity contribution < 1.29 is 14.8 Å². The molecular weight excluding hydrogens is 286 g/mol. The summed E-state index contributed by atoms with van der Waals surface area (Å²) in [5.41, 5.74) is 3.81. The van der Waals surface area contributed by atoms with E-state index in [2.05, 4.69) is 10.5 Å². The summed E-state index contributed by atoms with van der Waals surface area (Å²) in [6.45, 7) is 1.80. The predicted octanol–water partition coefficient (Wildman–Crippen LogP) is 2.37. The van der Waals surface area contributed by atoms with Crippen LogP contribution in [0.25, 0.3) is 0 Å². The van der Waals surface area contributed by atoms with Gasteiger partial charge >= 0.3 is 0 Å². The lowest BCUT2D eigenvalue weighted by molar-refractivity contribution is -0.384. The maximum absolute atomic E-state index is 11.8. The molecule has 22 heavy (non-hydrogen) atoms. The van der Waals surface area contributed by atoms with E-state index >= 15 is 0 Å². The number of carbonyl (C=O) groups is 1. The van der Waals surface area contributed by atoms with Crippen LogP contribution in [-0.4, -0.2) is 22.2 Å². The zero-order chi connectivity index (χ0) is 16.1. The number of aryl methyl sites for hydroxylation is 1. The van der Waals surface area contributed by atoms with Gasteiger partial charge in [0.15, 0.2) is 0 Å². The van der Waals surface area contributed by atoms with Crippen LogP contribution in [0.15, 0.2) is 47.6 Å². The smallest absolute Gasteiger partial charge is 0.275 e. The number of nitrogens with zero attached hydrogens (tertiary/aromatic N) is 2. The fourth-order valence-electron chi connectivity index (χ4n) is 1.74. The lowest BCUT2D eigenvalue weighted by atomic mass is 10.1. The molecule has 0 saturated heterocycles. The van der Waals surface area contributed by atoms with Crippen LogP contribution >= 0.6 is 0 Å². The van der Waals surface area contributed by atoms with Gasteiger partial charge in [0.05, 0.1) is 16.7 Å². The van der Waals surface area contributed by atoms with Gasteiger partial charge in [-0.1, -0.05) is 6.07 Å². The van der Waals surface area contributed by atoms with E-state index in [1.165, 1.54) is 42.6 Å². The molecule has 1 amide bonds. The number of amides is 1. The molecule has 0 atom stereocenters. The fraction of sp³-hybridized carbons (Fsp3) is 0.0667. The summed E-state index contributed by atoms with van der Waals surface area (Å²) in [4.78, 5) is 21.9. The van der Waals surface area contributed by atoms with Crippen LogP contribution in [0.4, 0.5) is 5.69 Å². The third-order valence-electron chi connectivity index (χ3n) is 2.88. The summed E-state index contributed by atoms with van der Waals surface area (Å²) in [7, 11) is 0. The van der Waals surface area contributed by atoms with Gasteiger partial charge in [-0.05, 0) is 42.3 Å². The van der Waals surface area contributed by atoms with Gasteiger partial charge < -0.3 is 5.11 Å². The molecule has 0 aliphatic carbocycles. The topological polar surface area (TPSA) is 105 Å². The summed E-state index contributed by atoms with van der Waals surface area (Å²) in [6.07, 6.45) is 1.35. The van der Waals surface area contributed by atoms with E-state index in [9.17, 15) is 20.0 Å². The van der Waals surface area contributed by atoms with Crippen molar-refractivity contribution in [1.82, 2.24) is 5.43 Å². The molecule has 0 bridgehead atoms. The molecule has 0 spiro atoms. The lowest BCUT2D eigenvalue weighted by Crippen LogP contribution is -2.17. The Morgan fingerprint density at radius 2 is 1.95 bits per heavy atom. The SMILES string of the molecule is Cc1ccc(C(=O)N/N=C/c2ccc([N+](=O)[O-])cc2)c(O)c1. The highest BCUT2D eigenvalue weighted by molar-refractivity contribution is 5.97. The minimum absolute atomic E-state index is 0.0224. The number of hydrogen-bond acceptors (Lipinski definition) is 5. The molecule has 2 aromatic rings. The second-order valence-electron chi connectivity index (χ2n) is 4.57. The molecule has 0 unspecified atom stereocenters. The summed E-state index contributed by atoms with van der Waals surface area (Å²) >= 11 is 0. The highest BCUT2D eigenvalue weighted by atomic mass is 16.6. The summed E-state index contributed by atoms with van der Waals surface area (Å²) in [5.74, 6) is -0.668. The summed E-state index contributed by atoms with van der Waals surface area (Å²) in [5, 5.41) is 24.0. The van der Waals surface area contributed by atoms with Gasteiger partial charge in [-0.3, -0.25) is 14.9 Å². The number of aromatic hydroxyl groups is 1. The Morgan fingerprint density at radius 3 is 2.55 bits per heavy atom. The van der Waals surface area contributed by atoms with Crippen molar-refractivity contribution in [1.29, 1.82) is 0 Å². The highest BCUT2D eigenvalue weighted by Gasteiger charge is 2.09. The Kier molecular flexibility index (Phi) is 4.47. The molecule has 0 aliphatic rings. The lowest BCUT2D eigenvalue weighted by Gasteiger charge is -2.03. The van der Waals surface area contributed by atoms with Crippen LogP contribution in [0.5, 0.6) is 5.75 Å². The van der Waals surface area contributed by atoms with E-state index < -0.39 is 10.8 Å². The molecule has 0 aliphatic heterocycles. The first kappa shape index (κ1) is 15.2. The number of rotatable bonds is 4. The summed E-state index contributed by atoms with van der Waals surface area (Å²) < 4.78 is 0. The van der Waals surface area contributed by atoms with E-state index in [1.54, 1.807) is 13.0 Å². The van der Waals surface area contributed by atoms with Gasteiger partial charge in [0, 0.05) is 12.1 Å². The van der Waals surface area contributed by atoms with Crippen molar-refractivity contribution in [3.8, 4) is 5.75 Å². The maximum atomic E-state index is 11.8. The second-order valence-corrected chi connectivity index (χ2v) is 4.57. The molecule has 0 heterocycles. The van der Waals surface area contributed by atoms with Gasteiger partial charge in [0.2, 0.25) is 0 Å². The van der Waals surface area contributed by atoms with Crippen molar-refractivity contribution in [3.05, 3.63) is 69.3 Å². The Balaban J connectivity index is 2.02.